The summed E-state index contributed by atoms with van der Waals surface area (Å²) in [5.41, 5.74) is 0.618. The SMILES string of the molecule is COc1ccc(/C=C/C(=O)c2ccc(F)c(F)c2)cc1O. The van der Waals surface area contributed by atoms with E-state index >= 15 is 0 Å². The molecule has 0 spiro atoms. The molecule has 0 fully saturated rings. The normalized spacial score (nSPS) is 10.8. The average molecular weight is 290 g/mol. The van der Waals surface area contributed by atoms with E-state index in [4.69, 9.17) is 4.74 Å². The van der Waals surface area contributed by atoms with E-state index in [0.717, 1.165) is 12.1 Å². The minimum absolute atomic E-state index is 0.0443. The van der Waals surface area contributed by atoms with Crippen LogP contribution in [0.25, 0.3) is 6.08 Å². The first-order chi connectivity index (χ1) is 10.0. The monoisotopic (exact) mass is 290 g/mol. The smallest absolute Gasteiger partial charge is 0.185 e. The summed E-state index contributed by atoms with van der Waals surface area (Å²) < 4.78 is 30.7. The van der Waals surface area contributed by atoms with Gasteiger partial charge in [-0.3, -0.25) is 4.79 Å². The van der Waals surface area contributed by atoms with Gasteiger partial charge in [0.05, 0.1) is 7.11 Å². The van der Waals surface area contributed by atoms with Gasteiger partial charge in [-0.25, -0.2) is 8.78 Å². The first kappa shape index (κ1) is 14.7. The number of ketones is 1. The number of aromatic hydroxyl groups is 1. The predicted molar refractivity (Wildman–Crippen MR) is 74.4 cm³/mol. The van der Waals surface area contributed by atoms with E-state index in [-0.39, 0.29) is 11.3 Å². The fraction of sp³-hybridized carbons (Fsp3) is 0.0625. The summed E-state index contributed by atoms with van der Waals surface area (Å²) in [6, 6.07) is 7.57. The summed E-state index contributed by atoms with van der Waals surface area (Å²) in [5, 5.41) is 9.61. The third-order valence-corrected chi connectivity index (χ3v) is 2.83. The van der Waals surface area contributed by atoms with Crippen molar-refractivity contribution in [2.24, 2.45) is 0 Å². The fourth-order valence-electron chi connectivity index (χ4n) is 1.73. The molecule has 0 aliphatic heterocycles. The molecular weight excluding hydrogens is 278 g/mol. The Hall–Kier alpha value is -2.69. The number of benzene rings is 2. The van der Waals surface area contributed by atoms with Crippen LogP contribution in [0.5, 0.6) is 11.5 Å². The van der Waals surface area contributed by atoms with Crippen molar-refractivity contribution in [2.75, 3.05) is 7.11 Å². The summed E-state index contributed by atoms with van der Waals surface area (Å²) in [5.74, 6) is -2.28. The van der Waals surface area contributed by atoms with Gasteiger partial charge in [-0.15, -0.1) is 0 Å². The summed E-state index contributed by atoms with van der Waals surface area (Å²) in [6.07, 6.45) is 2.68. The van der Waals surface area contributed by atoms with Gasteiger partial charge in [-0.2, -0.15) is 0 Å². The highest BCUT2D eigenvalue weighted by molar-refractivity contribution is 6.06. The second-order valence-electron chi connectivity index (χ2n) is 4.26. The molecule has 2 rings (SSSR count). The summed E-state index contributed by atoms with van der Waals surface area (Å²) >= 11 is 0. The number of ether oxygens (including phenoxy) is 1. The van der Waals surface area contributed by atoms with Crippen LogP contribution >= 0.6 is 0 Å². The molecule has 0 radical (unpaired) electrons. The Morgan fingerprint density at radius 3 is 2.52 bits per heavy atom. The number of phenols is 1. The van der Waals surface area contributed by atoms with Crippen molar-refractivity contribution in [3.63, 3.8) is 0 Å². The number of halogens is 2. The number of rotatable bonds is 4. The average Bonchev–Trinajstić information content (AvgIpc) is 2.47. The van der Waals surface area contributed by atoms with Crippen molar-refractivity contribution in [1.82, 2.24) is 0 Å². The van der Waals surface area contributed by atoms with E-state index in [1.54, 1.807) is 12.1 Å². The second kappa shape index (κ2) is 6.17. The van der Waals surface area contributed by atoms with Gasteiger partial charge < -0.3 is 9.84 Å². The first-order valence-electron chi connectivity index (χ1n) is 6.05. The third kappa shape index (κ3) is 3.45. The van der Waals surface area contributed by atoms with E-state index in [1.807, 2.05) is 0 Å². The molecule has 2 aromatic rings. The lowest BCUT2D eigenvalue weighted by atomic mass is 10.1. The maximum Gasteiger partial charge on any atom is 0.185 e. The van der Waals surface area contributed by atoms with Crippen molar-refractivity contribution in [3.05, 3.63) is 65.2 Å². The van der Waals surface area contributed by atoms with Gasteiger partial charge in [0, 0.05) is 5.56 Å². The maximum absolute atomic E-state index is 13.0. The van der Waals surface area contributed by atoms with Crippen LogP contribution in [0.4, 0.5) is 8.78 Å². The highest BCUT2D eigenvalue weighted by atomic mass is 19.2. The van der Waals surface area contributed by atoms with Gasteiger partial charge >= 0.3 is 0 Å². The molecular formula is C16H12F2O3. The Morgan fingerprint density at radius 1 is 1.14 bits per heavy atom. The molecule has 1 N–H and O–H groups in total. The van der Waals surface area contributed by atoms with E-state index in [0.29, 0.717) is 11.3 Å². The van der Waals surface area contributed by atoms with Crippen LogP contribution in [0, 0.1) is 11.6 Å². The Balaban J connectivity index is 2.18. The van der Waals surface area contributed by atoms with E-state index < -0.39 is 17.4 Å². The molecule has 0 amide bonds. The molecule has 0 atom stereocenters. The number of hydrogen-bond acceptors (Lipinski definition) is 3. The summed E-state index contributed by atoms with van der Waals surface area (Å²) in [7, 11) is 1.43. The maximum atomic E-state index is 13.0. The van der Waals surface area contributed by atoms with Crippen LogP contribution in [-0.4, -0.2) is 18.0 Å². The van der Waals surface area contributed by atoms with Crippen LogP contribution in [0.1, 0.15) is 15.9 Å². The zero-order chi connectivity index (χ0) is 15.4. The number of carbonyl (C=O) groups excluding carboxylic acids is 1. The van der Waals surface area contributed by atoms with E-state index in [1.165, 1.54) is 31.4 Å². The Labute approximate surface area is 120 Å². The van der Waals surface area contributed by atoms with E-state index in [2.05, 4.69) is 0 Å². The Morgan fingerprint density at radius 2 is 1.90 bits per heavy atom. The van der Waals surface area contributed by atoms with Crippen LogP contribution in [0.15, 0.2) is 42.5 Å². The zero-order valence-corrected chi connectivity index (χ0v) is 11.1. The predicted octanol–water partition coefficient (Wildman–Crippen LogP) is 3.58. The standard InChI is InChI=1S/C16H12F2O3/c1-21-16-7-3-10(8-15(16)20)2-6-14(19)11-4-5-12(17)13(18)9-11/h2-9,20H,1H3/b6-2+. The van der Waals surface area contributed by atoms with Crippen LogP contribution in [-0.2, 0) is 0 Å². The van der Waals surface area contributed by atoms with Gasteiger partial charge in [0.2, 0.25) is 0 Å². The minimum atomic E-state index is -1.07. The van der Waals surface area contributed by atoms with Gasteiger partial charge in [0.15, 0.2) is 28.9 Å². The molecule has 0 saturated heterocycles. The molecule has 5 heteroatoms. The number of hydrogen-bond donors (Lipinski definition) is 1. The molecule has 3 nitrogen and oxygen atoms in total. The van der Waals surface area contributed by atoms with Crippen molar-refractivity contribution in [2.45, 2.75) is 0 Å². The molecule has 0 aliphatic rings. The quantitative estimate of drug-likeness (QED) is 0.691. The molecule has 0 heterocycles. The molecule has 0 bridgehead atoms. The molecule has 0 aliphatic carbocycles. The minimum Gasteiger partial charge on any atom is -0.504 e. The molecule has 21 heavy (non-hydrogen) atoms. The highest BCUT2D eigenvalue weighted by Gasteiger charge is 2.07. The van der Waals surface area contributed by atoms with Crippen LogP contribution in [0.3, 0.4) is 0 Å². The van der Waals surface area contributed by atoms with Crippen LogP contribution in [0.2, 0.25) is 0 Å². The second-order valence-corrected chi connectivity index (χ2v) is 4.26. The topological polar surface area (TPSA) is 46.5 Å². The molecule has 2 aromatic carbocycles. The largest absolute Gasteiger partial charge is 0.504 e. The Bertz CT molecular complexity index is 709. The lowest BCUT2D eigenvalue weighted by molar-refractivity contribution is 0.104. The number of phenolic OH excluding ortho intramolecular Hbond substituents is 1. The number of allylic oxidation sites excluding steroid dienone is 1. The van der Waals surface area contributed by atoms with Gasteiger partial charge in [0.25, 0.3) is 0 Å². The summed E-state index contributed by atoms with van der Waals surface area (Å²) in [6.45, 7) is 0. The zero-order valence-electron chi connectivity index (χ0n) is 11.1. The van der Waals surface area contributed by atoms with Crippen LogP contribution < -0.4 is 4.74 Å². The van der Waals surface area contributed by atoms with Gasteiger partial charge in [-0.1, -0.05) is 12.1 Å². The Kier molecular flexibility index (Phi) is 4.33. The lowest BCUT2D eigenvalue weighted by Gasteiger charge is -2.03. The highest BCUT2D eigenvalue weighted by Crippen LogP contribution is 2.26. The van der Waals surface area contributed by atoms with Crippen molar-refractivity contribution >= 4 is 11.9 Å². The summed E-state index contributed by atoms with van der Waals surface area (Å²) in [4.78, 5) is 11.8. The van der Waals surface area contributed by atoms with Gasteiger partial charge in [0.1, 0.15) is 0 Å². The number of carbonyl (C=O) groups is 1. The molecule has 108 valence electrons. The van der Waals surface area contributed by atoms with Crippen molar-refractivity contribution < 1.29 is 23.4 Å². The number of methoxy groups -OCH3 is 1. The van der Waals surface area contributed by atoms with Crippen molar-refractivity contribution in [3.8, 4) is 11.5 Å². The lowest BCUT2D eigenvalue weighted by Crippen LogP contribution is -1.96. The third-order valence-electron chi connectivity index (χ3n) is 2.83. The van der Waals surface area contributed by atoms with Crippen molar-refractivity contribution in [1.29, 1.82) is 0 Å². The molecule has 0 aromatic heterocycles. The molecule has 0 unspecified atom stereocenters. The van der Waals surface area contributed by atoms with Gasteiger partial charge in [-0.05, 0) is 42.0 Å². The van der Waals surface area contributed by atoms with E-state index in [9.17, 15) is 18.7 Å². The first-order valence-corrected chi connectivity index (χ1v) is 6.05. The fourth-order valence-corrected chi connectivity index (χ4v) is 1.73. The molecule has 0 saturated carbocycles.